The predicted molar refractivity (Wildman–Crippen MR) is 144 cm³/mol. The van der Waals surface area contributed by atoms with Crippen molar-refractivity contribution in [3.63, 3.8) is 0 Å². The van der Waals surface area contributed by atoms with Crippen molar-refractivity contribution in [2.45, 2.75) is 20.3 Å². The van der Waals surface area contributed by atoms with Crippen LogP contribution < -0.4 is 10.1 Å². The van der Waals surface area contributed by atoms with Crippen LogP contribution in [0.25, 0.3) is 22.4 Å². The van der Waals surface area contributed by atoms with Gasteiger partial charge in [-0.15, -0.1) is 0 Å². The third kappa shape index (κ3) is 5.09. The van der Waals surface area contributed by atoms with E-state index in [1.165, 1.54) is 7.11 Å². The number of fused-ring (bicyclic) bond motifs is 2. The summed E-state index contributed by atoms with van der Waals surface area (Å²) < 4.78 is 20.0. The number of pyridine rings is 2. The molecule has 38 heavy (non-hydrogen) atoms. The Hall–Kier alpha value is -3.89. The lowest BCUT2D eigenvalue weighted by atomic mass is 10.1. The third-order valence-corrected chi connectivity index (χ3v) is 6.70. The Morgan fingerprint density at radius 1 is 1.13 bits per heavy atom. The minimum atomic E-state index is -0.424. The number of methoxy groups -OCH3 is 1. The number of anilines is 1. The van der Waals surface area contributed by atoms with E-state index in [-0.39, 0.29) is 5.78 Å². The Balaban J connectivity index is 1.62. The number of aromatic nitrogens is 3. The molecule has 0 bridgehead atoms. The molecule has 1 aliphatic rings. The van der Waals surface area contributed by atoms with Crippen molar-refractivity contribution in [1.29, 1.82) is 0 Å². The fourth-order valence-corrected chi connectivity index (χ4v) is 4.75. The second-order valence-corrected chi connectivity index (χ2v) is 9.29. The van der Waals surface area contributed by atoms with Gasteiger partial charge in [0.15, 0.2) is 5.78 Å². The van der Waals surface area contributed by atoms with Crippen molar-refractivity contribution in [1.82, 2.24) is 18.7 Å². The molecule has 5 rings (SSSR count). The summed E-state index contributed by atoms with van der Waals surface area (Å²) in [6, 6.07) is 9.18. The van der Waals surface area contributed by atoms with Crippen LogP contribution in [-0.4, -0.2) is 83.5 Å². The lowest BCUT2D eigenvalue weighted by Gasteiger charge is -2.26. The smallest absolute Gasteiger partial charge is 0.339 e. The first-order chi connectivity index (χ1) is 18.5. The van der Waals surface area contributed by atoms with E-state index in [4.69, 9.17) is 19.2 Å². The van der Waals surface area contributed by atoms with E-state index in [0.717, 1.165) is 61.9 Å². The number of imidazole rings is 1. The van der Waals surface area contributed by atoms with Gasteiger partial charge in [-0.1, -0.05) is 6.92 Å². The molecule has 0 amide bonds. The largest absolute Gasteiger partial charge is 0.493 e. The molecule has 0 aliphatic carbocycles. The highest BCUT2D eigenvalue weighted by atomic mass is 16.5. The van der Waals surface area contributed by atoms with Gasteiger partial charge in [-0.2, -0.15) is 0 Å². The molecule has 4 aromatic rings. The number of Topliss-reactive ketones (excluding diaryl/α,β-unsaturated/α-hetero) is 1. The molecule has 0 atom stereocenters. The number of rotatable bonds is 10. The van der Waals surface area contributed by atoms with Gasteiger partial charge in [0, 0.05) is 57.1 Å². The van der Waals surface area contributed by atoms with Gasteiger partial charge in [-0.25, -0.2) is 9.78 Å². The van der Waals surface area contributed by atoms with E-state index < -0.39 is 5.97 Å². The van der Waals surface area contributed by atoms with Gasteiger partial charge in [0.25, 0.3) is 0 Å². The molecule has 0 radical (unpaired) electrons. The topological polar surface area (TPSA) is 98.8 Å². The molecule has 5 heterocycles. The molecule has 1 N–H and O–H groups in total. The van der Waals surface area contributed by atoms with Crippen LogP contribution in [-0.2, 0) is 9.47 Å². The Morgan fingerprint density at radius 2 is 1.95 bits per heavy atom. The molecule has 1 fully saturated rings. The van der Waals surface area contributed by atoms with Crippen molar-refractivity contribution >= 4 is 28.7 Å². The lowest BCUT2D eigenvalue weighted by molar-refractivity contribution is 0.0398. The number of esters is 1. The zero-order valence-electron chi connectivity index (χ0n) is 22.0. The number of hydrogen-bond donors (Lipinski definition) is 1. The van der Waals surface area contributed by atoms with Crippen molar-refractivity contribution in [3.8, 4) is 17.0 Å². The number of carbonyl (C=O) groups is 2. The van der Waals surface area contributed by atoms with E-state index >= 15 is 0 Å². The SMILES string of the molecule is CCCOc1ccn2c(C(C)=O)cc(-c3nc4ccc(C(=O)OC)cn4c3NCCN3CCOCC3)c2c1. The number of hydrogen-bond acceptors (Lipinski definition) is 8. The van der Waals surface area contributed by atoms with E-state index in [0.29, 0.717) is 35.8 Å². The molecule has 10 nitrogen and oxygen atoms in total. The summed E-state index contributed by atoms with van der Waals surface area (Å²) in [6.45, 7) is 8.96. The highest BCUT2D eigenvalue weighted by Crippen LogP contribution is 2.35. The maximum absolute atomic E-state index is 12.6. The molecular weight excluding hydrogens is 486 g/mol. The summed E-state index contributed by atoms with van der Waals surface area (Å²) in [5, 5.41) is 3.56. The fourth-order valence-electron chi connectivity index (χ4n) is 4.75. The number of morpholine rings is 1. The van der Waals surface area contributed by atoms with Gasteiger partial charge in [0.05, 0.1) is 43.7 Å². The standard InChI is InChI=1S/C28H33N5O5/c1-4-13-38-21-7-9-32-23(19(2)34)17-22(24(32)16-21)26-27(29-8-10-31-11-14-37-15-12-31)33-18-20(28(35)36-3)5-6-25(33)30-26/h5-7,9,16-18,29H,4,8,10-15H2,1-3H3. The zero-order valence-corrected chi connectivity index (χ0v) is 22.0. The van der Waals surface area contributed by atoms with E-state index in [2.05, 4.69) is 17.1 Å². The predicted octanol–water partition coefficient (Wildman–Crippen LogP) is 3.78. The van der Waals surface area contributed by atoms with Crippen LogP contribution >= 0.6 is 0 Å². The van der Waals surface area contributed by atoms with Gasteiger partial charge in [0.2, 0.25) is 0 Å². The summed E-state index contributed by atoms with van der Waals surface area (Å²) in [5.74, 6) is 0.994. The van der Waals surface area contributed by atoms with Gasteiger partial charge in [0.1, 0.15) is 22.9 Å². The van der Waals surface area contributed by atoms with Crippen molar-refractivity contribution < 1.29 is 23.8 Å². The molecule has 4 aromatic heterocycles. The van der Waals surface area contributed by atoms with Crippen LogP contribution in [0.1, 0.15) is 41.1 Å². The summed E-state index contributed by atoms with van der Waals surface area (Å²) in [6.07, 6.45) is 4.48. The maximum atomic E-state index is 12.6. The van der Waals surface area contributed by atoms with Crippen molar-refractivity contribution in [2.24, 2.45) is 0 Å². The Morgan fingerprint density at radius 3 is 2.68 bits per heavy atom. The van der Waals surface area contributed by atoms with Crippen LogP contribution in [0.2, 0.25) is 0 Å². The molecule has 200 valence electrons. The molecule has 1 saturated heterocycles. The first-order valence-corrected chi connectivity index (χ1v) is 12.9. The third-order valence-electron chi connectivity index (χ3n) is 6.70. The van der Waals surface area contributed by atoms with Crippen LogP contribution in [0.15, 0.2) is 42.7 Å². The minimum Gasteiger partial charge on any atom is -0.493 e. The van der Waals surface area contributed by atoms with Crippen molar-refractivity contribution in [3.05, 3.63) is 54.0 Å². The lowest BCUT2D eigenvalue weighted by Crippen LogP contribution is -2.39. The second kappa shape index (κ2) is 11.2. The van der Waals surface area contributed by atoms with Crippen LogP contribution in [0.3, 0.4) is 0 Å². The van der Waals surface area contributed by atoms with Gasteiger partial charge < -0.3 is 23.9 Å². The maximum Gasteiger partial charge on any atom is 0.339 e. The van der Waals surface area contributed by atoms with Gasteiger partial charge >= 0.3 is 5.97 Å². The van der Waals surface area contributed by atoms with E-state index in [9.17, 15) is 9.59 Å². The van der Waals surface area contributed by atoms with E-state index in [1.807, 2.05) is 33.2 Å². The molecule has 0 unspecified atom stereocenters. The summed E-state index contributed by atoms with van der Waals surface area (Å²) in [7, 11) is 1.36. The summed E-state index contributed by atoms with van der Waals surface area (Å²) in [5.41, 5.74) is 3.95. The van der Waals surface area contributed by atoms with Crippen LogP contribution in [0, 0.1) is 0 Å². The Kier molecular flexibility index (Phi) is 7.62. The normalized spacial score (nSPS) is 14.2. The fraction of sp³-hybridized carbons (Fsp3) is 0.393. The number of nitrogens with zero attached hydrogens (tertiary/aromatic N) is 4. The van der Waals surface area contributed by atoms with Gasteiger partial charge in [-0.3, -0.25) is 14.1 Å². The molecule has 10 heteroatoms. The quantitative estimate of drug-likeness (QED) is 0.250. The molecule has 0 spiro atoms. The zero-order chi connectivity index (χ0) is 26.6. The average molecular weight is 520 g/mol. The minimum absolute atomic E-state index is 0.0490. The highest BCUT2D eigenvalue weighted by molar-refractivity contribution is 5.99. The second-order valence-electron chi connectivity index (χ2n) is 9.29. The first kappa shape index (κ1) is 25.7. The van der Waals surface area contributed by atoms with E-state index in [1.54, 1.807) is 25.3 Å². The highest BCUT2D eigenvalue weighted by Gasteiger charge is 2.22. The Labute approximate surface area is 221 Å². The first-order valence-electron chi connectivity index (χ1n) is 12.9. The molecular formula is C28H33N5O5. The number of nitrogens with one attached hydrogen (secondary N) is 1. The van der Waals surface area contributed by atoms with Crippen molar-refractivity contribution in [2.75, 3.05) is 58.4 Å². The number of ether oxygens (including phenoxy) is 3. The van der Waals surface area contributed by atoms with Gasteiger partial charge in [-0.05, 0) is 30.7 Å². The Bertz CT molecular complexity index is 1470. The monoisotopic (exact) mass is 519 g/mol. The number of carbonyl (C=O) groups excluding carboxylic acids is 2. The molecule has 0 saturated carbocycles. The summed E-state index contributed by atoms with van der Waals surface area (Å²) in [4.78, 5) is 32.1. The molecule has 0 aromatic carbocycles. The summed E-state index contributed by atoms with van der Waals surface area (Å²) >= 11 is 0. The number of ketones is 1. The van der Waals surface area contributed by atoms with Crippen LogP contribution in [0.4, 0.5) is 5.82 Å². The molecule has 1 aliphatic heterocycles. The van der Waals surface area contributed by atoms with Crippen LogP contribution in [0.5, 0.6) is 5.75 Å². The average Bonchev–Trinajstić information content (AvgIpc) is 3.49.